The molecule has 0 aromatic heterocycles. The Kier molecular flexibility index (Phi) is 3.50. The summed E-state index contributed by atoms with van der Waals surface area (Å²) in [5.74, 6) is -0.0705. The third kappa shape index (κ3) is 2.92. The summed E-state index contributed by atoms with van der Waals surface area (Å²) in [4.78, 5) is 2.22. The van der Waals surface area contributed by atoms with Gasteiger partial charge < -0.3 is 10.0 Å². The zero-order valence-electron chi connectivity index (χ0n) is 9.46. The third-order valence-corrected chi connectivity index (χ3v) is 4.89. The zero-order chi connectivity index (χ0) is 11.8. The summed E-state index contributed by atoms with van der Waals surface area (Å²) >= 11 is 0. The van der Waals surface area contributed by atoms with Crippen molar-refractivity contribution < 1.29 is 13.5 Å². The number of aliphatic hydroxyl groups excluding tert-OH is 1. The Hall–Kier alpha value is -0.210. The highest BCUT2D eigenvalue weighted by Gasteiger charge is 2.37. The van der Waals surface area contributed by atoms with Crippen molar-refractivity contribution in [2.24, 2.45) is 0 Å². The van der Waals surface area contributed by atoms with Gasteiger partial charge in [0, 0.05) is 26.2 Å². The minimum absolute atomic E-state index is 0.0422. The van der Waals surface area contributed by atoms with Crippen LogP contribution in [0.1, 0.15) is 0 Å². The highest BCUT2D eigenvalue weighted by atomic mass is 32.2. The van der Waals surface area contributed by atoms with Crippen molar-refractivity contribution in [3.05, 3.63) is 0 Å². The average Bonchev–Trinajstić information content (AvgIpc) is 2.44. The van der Waals surface area contributed by atoms with Gasteiger partial charge in [-0.1, -0.05) is 0 Å². The van der Waals surface area contributed by atoms with Crippen LogP contribution >= 0.6 is 0 Å². The summed E-state index contributed by atoms with van der Waals surface area (Å²) in [6, 6.07) is -0.339. The van der Waals surface area contributed by atoms with Crippen molar-refractivity contribution in [3.8, 4) is 0 Å². The lowest BCUT2D eigenvalue weighted by Gasteiger charge is -2.34. The Morgan fingerprint density at radius 2 is 1.81 bits per heavy atom. The van der Waals surface area contributed by atoms with Crippen molar-refractivity contribution in [1.82, 2.24) is 15.3 Å². The van der Waals surface area contributed by atoms with Crippen LogP contribution in [0.25, 0.3) is 0 Å². The fourth-order valence-corrected chi connectivity index (χ4v) is 3.85. The van der Waals surface area contributed by atoms with E-state index in [9.17, 15) is 13.5 Å². The molecule has 16 heavy (non-hydrogen) atoms. The second-order valence-corrected chi connectivity index (χ2v) is 6.82. The summed E-state index contributed by atoms with van der Waals surface area (Å²) in [5.41, 5.74) is 3.12. The van der Waals surface area contributed by atoms with E-state index < -0.39 is 15.9 Å². The van der Waals surface area contributed by atoms with Crippen LogP contribution in [0.15, 0.2) is 0 Å². The molecule has 6 nitrogen and oxygen atoms in total. The van der Waals surface area contributed by atoms with Crippen LogP contribution in [0.5, 0.6) is 0 Å². The van der Waals surface area contributed by atoms with E-state index in [2.05, 4.69) is 17.4 Å². The van der Waals surface area contributed by atoms with Crippen molar-refractivity contribution >= 4 is 9.84 Å². The summed E-state index contributed by atoms with van der Waals surface area (Å²) in [7, 11) is -0.994. The third-order valence-electron chi connectivity index (χ3n) is 3.17. The van der Waals surface area contributed by atoms with Gasteiger partial charge in [-0.2, -0.15) is 0 Å². The summed E-state index contributed by atoms with van der Waals surface area (Å²) < 4.78 is 22.6. The van der Waals surface area contributed by atoms with Gasteiger partial charge in [0.1, 0.15) is 0 Å². The molecular formula is C9H19N3O3S. The molecule has 2 fully saturated rings. The Morgan fingerprint density at radius 1 is 1.19 bits per heavy atom. The first kappa shape index (κ1) is 12.3. The maximum atomic E-state index is 11.3. The second kappa shape index (κ2) is 4.58. The van der Waals surface area contributed by atoms with Crippen LogP contribution in [0.3, 0.4) is 0 Å². The minimum Gasteiger partial charge on any atom is -0.390 e. The van der Waals surface area contributed by atoms with Gasteiger partial charge in [0.2, 0.25) is 0 Å². The number of hydrogen-bond acceptors (Lipinski definition) is 6. The Balaban J connectivity index is 1.86. The molecule has 2 aliphatic rings. The van der Waals surface area contributed by atoms with Gasteiger partial charge >= 0.3 is 0 Å². The topological polar surface area (TPSA) is 72.9 Å². The molecule has 2 saturated heterocycles. The van der Waals surface area contributed by atoms with Gasteiger partial charge in [0.15, 0.2) is 9.84 Å². The molecule has 2 atom stereocenters. The molecule has 0 saturated carbocycles. The molecule has 2 N–H and O–H groups in total. The van der Waals surface area contributed by atoms with Gasteiger partial charge in [-0.05, 0) is 7.05 Å². The maximum Gasteiger partial charge on any atom is 0.154 e. The minimum atomic E-state index is -3.06. The number of rotatable bonds is 2. The number of hydrazine groups is 1. The molecule has 0 radical (unpaired) electrons. The fourth-order valence-electron chi connectivity index (χ4n) is 2.12. The van der Waals surface area contributed by atoms with Gasteiger partial charge in [0.25, 0.3) is 0 Å². The summed E-state index contributed by atoms with van der Waals surface area (Å²) in [6.45, 7) is 3.64. The maximum absolute atomic E-state index is 11.3. The molecule has 2 heterocycles. The van der Waals surface area contributed by atoms with E-state index in [1.54, 1.807) is 0 Å². The molecule has 0 aromatic rings. The van der Waals surface area contributed by atoms with Crippen LogP contribution < -0.4 is 5.43 Å². The number of sulfone groups is 1. The van der Waals surface area contributed by atoms with Crippen LogP contribution in [0, 0.1) is 0 Å². The van der Waals surface area contributed by atoms with Gasteiger partial charge in [-0.15, -0.1) is 0 Å². The van der Waals surface area contributed by atoms with E-state index >= 15 is 0 Å². The predicted octanol–water partition coefficient (Wildman–Crippen LogP) is -2.10. The zero-order valence-corrected chi connectivity index (χ0v) is 10.3. The number of nitrogens with zero attached hydrogens (tertiary/aromatic N) is 2. The quantitative estimate of drug-likeness (QED) is 0.584. The molecule has 0 bridgehead atoms. The molecule has 2 aliphatic heterocycles. The van der Waals surface area contributed by atoms with Gasteiger partial charge in [0.05, 0.1) is 23.7 Å². The van der Waals surface area contributed by atoms with E-state index in [1.165, 1.54) is 0 Å². The molecule has 0 aromatic carbocycles. The molecular weight excluding hydrogens is 230 g/mol. The largest absolute Gasteiger partial charge is 0.390 e. The Labute approximate surface area is 96.1 Å². The average molecular weight is 249 g/mol. The highest BCUT2D eigenvalue weighted by Crippen LogP contribution is 2.13. The van der Waals surface area contributed by atoms with Crippen molar-refractivity contribution in [2.75, 3.05) is 44.7 Å². The van der Waals surface area contributed by atoms with Crippen molar-refractivity contribution in [1.29, 1.82) is 0 Å². The van der Waals surface area contributed by atoms with Crippen LogP contribution in [-0.2, 0) is 9.84 Å². The van der Waals surface area contributed by atoms with Crippen LogP contribution in [0.4, 0.5) is 0 Å². The van der Waals surface area contributed by atoms with E-state index in [4.69, 9.17) is 0 Å². The van der Waals surface area contributed by atoms with Gasteiger partial charge in [-0.25, -0.2) is 18.9 Å². The Bertz CT molecular complexity index is 338. The number of nitrogens with one attached hydrogen (secondary N) is 1. The van der Waals surface area contributed by atoms with E-state index in [-0.39, 0.29) is 17.5 Å². The molecule has 0 spiro atoms. The molecule has 2 rings (SSSR count). The van der Waals surface area contributed by atoms with E-state index in [0.717, 1.165) is 26.2 Å². The fraction of sp³-hybridized carbons (Fsp3) is 1.00. The standard InChI is InChI=1S/C9H19N3O3S/c1-11-2-4-12(5-3-11)10-8-6-16(14,15)7-9(8)13/h8-10,13H,2-7H2,1H3. The molecule has 7 heteroatoms. The highest BCUT2D eigenvalue weighted by molar-refractivity contribution is 7.91. The number of likely N-dealkylation sites (N-methyl/N-ethyl adjacent to an activating group) is 1. The van der Waals surface area contributed by atoms with Crippen molar-refractivity contribution in [2.45, 2.75) is 12.1 Å². The lowest BCUT2D eigenvalue weighted by Crippen LogP contribution is -2.56. The SMILES string of the molecule is CN1CCN(NC2CS(=O)(=O)CC2O)CC1. The first-order valence-electron chi connectivity index (χ1n) is 5.54. The molecule has 94 valence electrons. The second-order valence-electron chi connectivity index (χ2n) is 4.67. The molecule has 0 aliphatic carbocycles. The summed E-state index contributed by atoms with van der Waals surface area (Å²) in [5, 5.41) is 11.6. The van der Waals surface area contributed by atoms with Crippen LogP contribution in [0.2, 0.25) is 0 Å². The van der Waals surface area contributed by atoms with Crippen molar-refractivity contribution in [3.63, 3.8) is 0 Å². The normalized spacial score (nSPS) is 36.6. The number of aliphatic hydroxyl groups is 1. The number of hydrogen-bond donors (Lipinski definition) is 2. The molecule has 2 unspecified atom stereocenters. The Morgan fingerprint density at radius 3 is 2.31 bits per heavy atom. The smallest absolute Gasteiger partial charge is 0.154 e. The monoisotopic (exact) mass is 249 g/mol. The predicted molar refractivity (Wildman–Crippen MR) is 60.7 cm³/mol. The lowest BCUT2D eigenvalue weighted by atomic mass is 10.2. The van der Waals surface area contributed by atoms with Crippen LogP contribution in [-0.4, -0.2) is 80.3 Å². The molecule has 0 amide bonds. The number of piperazine rings is 1. The van der Waals surface area contributed by atoms with Gasteiger partial charge in [-0.3, -0.25) is 0 Å². The first-order chi connectivity index (χ1) is 7.46. The van der Waals surface area contributed by atoms with E-state index in [1.807, 2.05) is 5.01 Å². The lowest BCUT2D eigenvalue weighted by molar-refractivity contribution is 0.0569. The van der Waals surface area contributed by atoms with E-state index in [0.29, 0.717) is 0 Å². The summed E-state index contributed by atoms with van der Waals surface area (Å²) in [6.07, 6.45) is -0.773. The first-order valence-corrected chi connectivity index (χ1v) is 7.36.